The number of nitrogens with one attached hydrogen (secondary N) is 1. The lowest BCUT2D eigenvalue weighted by molar-refractivity contribution is -0.385. The quantitative estimate of drug-likeness (QED) is 0.568. The van der Waals surface area contributed by atoms with Gasteiger partial charge in [0.25, 0.3) is 5.69 Å². The van der Waals surface area contributed by atoms with Crippen LogP contribution in [0.2, 0.25) is 0 Å². The third kappa shape index (κ3) is 4.54. The van der Waals surface area contributed by atoms with Crippen LogP contribution in [0.4, 0.5) is 10.1 Å². The second kappa shape index (κ2) is 7.91. The summed E-state index contributed by atoms with van der Waals surface area (Å²) in [5.41, 5.74) is 0.169. The molecule has 0 radical (unpaired) electrons. The van der Waals surface area contributed by atoms with Crippen molar-refractivity contribution in [2.75, 3.05) is 6.54 Å². The van der Waals surface area contributed by atoms with Crippen molar-refractivity contribution in [3.63, 3.8) is 0 Å². The van der Waals surface area contributed by atoms with Crippen LogP contribution in [0.1, 0.15) is 32.3 Å². The van der Waals surface area contributed by atoms with Crippen molar-refractivity contribution < 1.29 is 14.4 Å². The highest BCUT2D eigenvalue weighted by Gasteiger charge is 2.17. The summed E-state index contributed by atoms with van der Waals surface area (Å²) in [6, 6.07) is 3.37. The summed E-state index contributed by atoms with van der Waals surface area (Å²) in [6.45, 7) is 4.51. The maximum atomic E-state index is 13.1. The zero-order chi connectivity index (χ0) is 15.1. The molecule has 112 valence electrons. The van der Waals surface area contributed by atoms with Gasteiger partial charge in [-0.25, -0.2) is 4.39 Å². The number of nitro groups is 1. The molecule has 0 fully saturated rings. The van der Waals surface area contributed by atoms with Crippen LogP contribution in [0.3, 0.4) is 0 Å². The zero-order valence-electron chi connectivity index (χ0n) is 11.8. The molecule has 0 bridgehead atoms. The molecule has 0 heterocycles. The lowest BCUT2D eigenvalue weighted by Gasteiger charge is -2.20. The van der Waals surface area contributed by atoms with Crippen LogP contribution in [0, 0.1) is 21.8 Å². The number of hydrogen-bond donors (Lipinski definition) is 2. The minimum Gasteiger partial charge on any atom is -0.392 e. The van der Waals surface area contributed by atoms with Crippen LogP contribution in [-0.2, 0) is 6.54 Å². The molecule has 20 heavy (non-hydrogen) atoms. The molecule has 0 saturated carbocycles. The molecule has 1 rings (SSSR count). The standard InChI is InChI=1S/C14H21FN2O3/c1-3-10(4-2)14(18)9-16-8-11-7-12(15)5-6-13(11)17(19)20/h5-7,10,14,16,18H,3-4,8-9H2,1-2H3. The Labute approximate surface area is 118 Å². The summed E-state index contributed by atoms with van der Waals surface area (Å²) in [7, 11) is 0. The minimum absolute atomic E-state index is 0.115. The van der Waals surface area contributed by atoms with Crippen molar-refractivity contribution in [2.24, 2.45) is 5.92 Å². The van der Waals surface area contributed by atoms with E-state index in [1.165, 1.54) is 0 Å². The van der Waals surface area contributed by atoms with Crippen molar-refractivity contribution in [1.29, 1.82) is 0 Å². The van der Waals surface area contributed by atoms with E-state index < -0.39 is 16.8 Å². The van der Waals surface area contributed by atoms with Crippen LogP contribution in [-0.4, -0.2) is 22.7 Å². The van der Waals surface area contributed by atoms with E-state index in [1.807, 2.05) is 13.8 Å². The molecule has 1 unspecified atom stereocenters. The van der Waals surface area contributed by atoms with E-state index in [4.69, 9.17) is 0 Å². The summed E-state index contributed by atoms with van der Waals surface area (Å²) >= 11 is 0. The molecular weight excluding hydrogens is 263 g/mol. The Morgan fingerprint density at radius 3 is 2.60 bits per heavy atom. The van der Waals surface area contributed by atoms with Crippen LogP contribution in [0.5, 0.6) is 0 Å². The second-order valence-electron chi connectivity index (χ2n) is 4.80. The zero-order valence-corrected chi connectivity index (χ0v) is 11.8. The first-order valence-electron chi connectivity index (χ1n) is 6.81. The monoisotopic (exact) mass is 284 g/mol. The number of rotatable bonds is 8. The van der Waals surface area contributed by atoms with Gasteiger partial charge in [0.15, 0.2) is 0 Å². The van der Waals surface area contributed by atoms with Gasteiger partial charge in [0.05, 0.1) is 11.0 Å². The third-order valence-corrected chi connectivity index (χ3v) is 3.50. The van der Waals surface area contributed by atoms with Gasteiger partial charge in [-0.05, 0) is 18.1 Å². The molecule has 5 nitrogen and oxygen atoms in total. The van der Waals surface area contributed by atoms with Gasteiger partial charge in [-0.15, -0.1) is 0 Å². The molecule has 2 N–H and O–H groups in total. The number of nitrogens with zero attached hydrogens (tertiary/aromatic N) is 1. The summed E-state index contributed by atoms with van der Waals surface area (Å²) in [4.78, 5) is 10.3. The fraction of sp³-hybridized carbons (Fsp3) is 0.571. The molecule has 0 spiro atoms. The largest absolute Gasteiger partial charge is 0.392 e. The van der Waals surface area contributed by atoms with E-state index >= 15 is 0 Å². The van der Waals surface area contributed by atoms with Crippen LogP contribution < -0.4 is 5.32 Å². The molecular formula is C14H21FN2O3. The fourth-order valence-corrected chi connectivity index (χ4v) is 2.23. The van der Waals surface area contributed by atoms with Gasteiger partial charge in [-0.1, -0.05) is 26.7 Å². The maximum absolute atomic E-state index is 13.1. The fourth-order valence-electron chi connectivity index (χ4n) is 2.23. The Balaban J connectivity index is 2.61. The Bertz CT molecular complexity index is 450. The minimum atomic E-state index is -0.534. The van der Waals surface area contributed by atoms with E-state index in [9.17, 15) is 19.6 Å². The molecule has 1 atom stereocenters. The number of nitro benzene ring substituents is 1. The first-order valence-corrected chi connectivity index (χ1v) is 6.81. The Morgan fingerprint density at radius 2 is 2.05 bits per heavy atom. The van der Waals surface area contributed by atoms with Gasteiger partial charge in [0.2, 0.25) is 0 Å². The van der Waals surface area contributed by atoms with Crippen molar-refractivity contribution in [3.05, 3.63) is 39.7 Å². The predicted molar refractivity (Wildman–Crippen MR) is 74.8 cm³/mol. The van der Waals surface area contributed by atoms with Gasteiger partial charge < -0.3 is 10.4 Å². The average Bonchev–Trinajstić information content (AvgIpc) is 2.39. The molecule has 1 aromatic rings. The summed E-state index contributed by atoms with van der Waals surface area (Å²) in [5.74, 6) is -0.307. The first kappa shape index (κ1) is 16.5. The highest BCUT2D eigenvalue weighted by Crippen LogP contribution is 2.19. The number of aliphatic hydroxyl groups excluding tert-OH is 1. The predicted octanol–water partition coefficient (Wildman–Crippen LogP) is 2.62. The summed E-state index contributed by atoms with van der Waals surface area (Å²) < 4.78 is 13.1. The molecule has 0 amide bonds. The van der Waals surface area contributed by atoms with E-state index in [0.717, 1.165) is 31.0 Å². The Hall–Kier alpha value is -1.53. The van der Waals surface area contributed by atoms with Crippen molar-refractivity contribution in [2.45, 2.75) is 39.3 Å². The van der Waals surface area contributed by atoms with Crippen molar-refractivity contribution in [3.8, 4) is 0 Å². The number of halogens is 1. The molecule has 0 aliphatic carbocycles. The molecule has 0 aliphatic rings. The molecule has 6 heteroatoms. The van der Waals surface area contributed by atoms with E-state index in [1.54, 1.807) is 0 Å². The van der Waals surface area contributed by atoms with Crippen LogP contribution in [0.15, 0.2) is 18.2 Å². The van der Waals surface area contributed by atoms with E-state index in [2.05, 4.69) is 5.32 Å². The summed E-state index contributed by atoms with van der Waals surface area (Å²) in [5, 5.41) is 23.7. The average molecular weight is 284 g/mol. The van der Waals surface area contributed by atoms with Gasteiger partial charge in [-0.3, -0.25) is 10.1 Å². The highest BCUT2D eigenvalue weighted by atomic mass is 19.1. The van der Waals surface area contributed by atoms with E-state index in [-0.39, 0.29) is 23.7 Å². The number of benzene rings is 1. The summed E-state index contributed by atoms with van der Waals surface area (Å²) in [6.07, 6.45) is 1.25. The lowest BCUT2D eigenvalue weighted by atomic mass is 9.96. The third-order valence-electron chi connectivity index (χ3n) is 3.50. The van der Waals surface area contributed by atoms with Gasteiger partial charge in [-0.2, -0.15) is 0 Å². The Morgan fingerprint density at radius 1 is 1.40 bits per heavy atom. The lowest BCUT2D eigenvalue weighted by Crippen LogP contribution is -2.32. The van der Waals surface area contributed by atoms with Crippen molar-refractivity contribution in [1.82, 2.24) is 5.32 Å². The first-order chi connectivity index (χ1) is 9.49. The molecule has 1 aromatic carbocycles. The van der Waals surface area contributed by atoms with Gasteiger partial charge in [0.1, 0.15) is 5.82 Å². The number of aliphatic hydroxyl groups is 1. The molecule has 0 saturated heterocycles. The maximum Gasteiger partial charge on any atom is 0.274 e. The smallest absolute Gasteiger partial charge is 0.274 e. The Kier molecular flexibility index (Phi) is 6.54. The van der Waals surface area contributed by atoms with E-state index in [0.29, 0.717) is 6.54 Å². The van der Waals surface area contributed by atoms with Crippen LogP contribution >= 0.6 is 0 Å². The number of hydrogen-bond acceptors (Lipinski definition) is 4. The molecule has 0 aromatic heterocycles. The van der Waals surface area contributed by atoms with Gasteiger partial charge >= 0.3 is 0 Å². The normalized spacial score (nSPS) is 12.7. The van der Waals surface area contributed by atoms with Crippen molar-refractivity contribution >= 4 is 5.69 Å². The molecule has 0 aliphatic heterocycles. The van der Waals surface area contributed by atoms with Gasteiger partial charge in [0, 0.05) is 24.7 Å². The second-order valence-corrected chi connectivity index (χ2v) is 4.80. The topological polar surface area (TPSA) is 75.4 Å². The highest BCUT2D eigenvalue weighted by molar-refractivity contribution is 5.40. The SMILES string of the molecule is CCC(CC)C(O)CNCc1cc(F)ccc1[N+](=O)[O-]. The van der Waals surface area contributed by atoms with Crippen LogP contribution in [0.25, 0.3) is 0 Å².